The number of aromatic nitrogens is 2. The molecule has 2 aromatic carbocycles. The zero-order valence-corrected chi connectivity index (χ0v) is 16.4. The number of hydrogen-bond donors (Lipinski definition) is 2. The molecule has 1 aliphatic rings. The van der Waals surface area contributed by atoms with Crippen LogP contribution in [-0.4, -0.2) is 39.4 Å². The maximum atomic E-state index is 12.8. The Bertz CT molecular complexity index is 1090. The first kappa shape index (κ1) is 19.0. The van der Waals surface area contributed by atoms with Crippen molar-refractivity contribution >= 4 is 22.8 Å². The van der Waals surface area contributed by atoms with Crippen molar-refractivity contribution in [3.05, 3.63) is 70.1 Å². The lowest BCUT2D eigenvalue weighted by Crippen LogP contribution is -2.40. The summed E-state index contributed by atoms with van der Waals surface area (Å²) < 4.78 is 1.83. The van der Waals surface area contributed by atoms with Crippen LogP contribution in [0.2, 0.25) is 0 Å². The number of imidazole rings is 1. The first-order valence-electron chi connectivity index (χ1n) is 9.85. The van der Waals surface area contributed by atoms with Gasteiger partial charge in [0, 0.05) is 38.2 Å². The van der Waals surface area contributed by atoms with E-state index in [0.717, 1.165) is 29.4 Å². The number of hydrogen-bond acceptors (Lipinski definition) is 3. The van der Waals surface area contributed by atoms with Gasteiger partial charge in [-0.05, 0) is 42.7 Å². The van der Waals surface area contributed by atoms with Gasteiger partial charge in [-0.25, -0.2) is 4.79 Å². The van der Waals surface area contributed by atoms with Crippen molar-refractivity contribution < 1.29 is 9.59 Å². The number of rotatable bonds is 4. The topological polar surface area (TPSA) is 87.2 Å². The lowest BCUT2D eigenvalue weighted by molar-refractivity contribution is -0.119. The first-order chi connectivity index (χ1) is 14.0. The number of benzene rings is 2. The Morgan fingerprint density at radius 2 is 1.76 bits per heavy atom. The molecule has 0 spiro atoms. The lowest BCUT2D eigenvalue weighted by atomic mass is 10.0. The predicted octanol–water partition coefficient (Wildman–Crippen LogP) is 2.44. The van der Waals surface area contributed by atoms with Gasteiger partial charge in [0.05, 0.1) is 11.0 Å². The average Bonchev–Trinajstić information content (AvgIpc) is 3.08. The van der Waals surface area contributed by atoms with Gasteiger partial charge in [-0.3, -0.25) is 14.2 Å². The quantitative estimate of drug-likeness (QED) is 0.715. The molecule has 3 aromatic rings. The SMILES string of the molecule is CC(=O)NCc1ccc(C(=O)N2CCC(n3c(=O)[nH]c4ccccc43)CC2)cc1. The summed E-state index contributed by atoms with van der Waals surface area (Å²) in [6.45, 7) is 3.16. The van der Waals surface area contributed by atoms with Crippen LogP contribution in [-0.2, 0) is 11.3 Å². The largest absolute Gasteiger partial charge is 0.352 e. The molecule has 0 aliphatic carbocycles. The van der Waals surface area contributed by atoms with E-state index in [-0.39, 0.29) is 23.5 Å². The lowest BCUT2D eigenvalue weighted by Gasteiger charge is -2.32. The number of carbonyl (C=O) groups is 2. The van der Waals surface area contributed by atoms with Gasteiger partial charge in [-0.2, -0.15) is 0 Å². The third-order valence-corrected chi connectivity index (χ3v) is 5.48. The second-order valence-electron chi connectivity index (χ2n) is 7.45. The fraction of sp³-hybridized carbons (Fsp3) is 0.318. The monoisotopic (exact) mass is 392 g/mol. The van der Waals surface area contributed by atoms with Crippen LogP contribution in [0.5, 0.6) is 0 Å². The maximum Gasteiger partial charge on any atom is 0.326 e. The van der Waals surface area contributed by atoms with Gasteiger partial charge >= 0.3 is 5.69 Å². The van der Waals surface area contributed by atoms with Crippen LogP contribution in [0.25, 0.3) is 11.0 Å². The Morgan fingerprint density at radius 1 is 1.07 bits per heavy atom. The summed E-state index contributed by atoms with van der Waals surface area (Å²) in [5.41, 5.74) is 3.26. The van der Waals surface area contributed by atoms with E-state index in [4.69, 9.17) is 0 Å². The van der Waals surface area contributed by atoms with Crippen molar-refractivity contribution in [2.45, 2.75) is 32.4 Å². The number of nitrogens with one attached hydrogen (secondary N) is 2. The van der Waals surface area contributed by atoms with E-state index in [1.54, 1.807) is 12.1 Å². The molecule has 0 unspecified atom stereocenters. The summed E-state index contributed by atoms with van der Waals surface area (Å²) in [5.74, 6) is -0.0804. The molecule has 150 valence electrons. The van der Waals surface area contributed by atoms with E-state index < -0.39 is 0 Å². The smallest absolute Gasteiger partial charge is 0.326 e. The van der Waals surface area contributed by atoms with Gasteiger partial charge in [-0.1, -0.05) is 24.3 Å². The highest BCUT2D eigenvalue weighted by Crippen LogP contribution is 2.25. The van der Waals surface area contributed by atoms with Gasteiger partial charge in [0.25, 0.3) is 5.91 Å². The number of H-pyrrole nitrogens is 1. The van der Waals surface area contributed by atoms with Crippen molar-refractivity contribution in [2.75, 3.05) is 13.1 Å². The second kappa shape index (κ2) is 7.95. The van der Waals surface area contributed by atoms with Crippen LogP contribution < -0.4 is 11.0 Å². The third kappa shape index (κ3) is 3.94. The van der Waals surface area contributed by atoms with E-state index >= 15 is 0 Å². The van der Waals surface area contributed by atoms with Crippen molar-refractivity contribution in [2.24, 2.45) is 0 Å². The van der Waals surface area contributed by atoms with E-state index in [1.165, 1.54) is 6.92 Å². The minimum absolute atomic E-state index is 0.000741. The molecule has 2 N–H and O–H groups in total. The van der Waals surface area contributed by atoms with Gasteiger partial charge in [-0.15, -0.1) is 0 Å². The standard InChI is InChI=1S/C22H24N4O3/c1-15(27)23-14-16-6-8-17(9-7-16)21(28)25-12-10-18(11-13-25)26-20-5-3-2-4-19(20)24-22(26)29/h2-9,18H,10-14H2,1H3,(H,23,27)(H,24,29). The number of para-hydroxylation sites is 2. The first-order valence-corrected chi connectivity index (χ1v) is 9.85. The highest BCUT2D eigenvalue weighted by Gasteiger charge is 2.26. The molecular formula is C22H24N4O3. The Hall–Kier alpha value is -3.35. The Labute approximate surface area is 168 Å². The second-order valence-corrected chi connectivity index (χ2v) is 7.45. The van der Waals surface area contributed by atoms with Crippen LogP contribution in [0.15, 0.2) is 53.3 Å². The van der Waals surface area contributed by atoms with Crippen LogP contribution in [0, 0.1) is 0 Å². The summed E-state index contributed by atoms with van der Waals surface area (Å²) >= 11 is 0. The molecule has 0 atom stereocenters. The molecule has 0 saturated carbocycles. The fourth-order valence-electron chi connectivity index (χ4n) is 3.94. The van der Waals surface area contributed by atoms with Crippen LogP contribution in [0.1, 0.15) is 41.7 Å². The van der Waals surface area contributed by atoms with Crippen LogP contribution in [0.4, 0.5) is 0 Å². The van der Waals surface area contributed by atoms with E-state index in [9.17, 15) is 14.4 Å². The molecule has 1 aromatic heterocycles. The molecule has 2 heterocycles. The van der Waals surface area contributed by atoms with E-state index in [1.807, 2.05) is 45.9 Å². The zero-order chi connectivity index (χ0) is 20.4. The molecule has 7 nitrogen and oxygen atoms in total. The summed E-state index contributed by atoms with van der Waals surface area (Å²) in [6.07, 6.45) is 1.49. The molecule has 0 bridgehead atoms. The molecule has 0 radical (unpaired) electrons. The highest BCUT2D eigenvalue weighted by molar-refractivity contribution is 5.94. The predicted molar refractivity (Wildman–Crippen MR) is 111 cm³/mol. The number of aromatic amines is 1. The molecule has 1 saturated heterocycles. The number of carbonyl (C=O) groups excluding carboxylic acids is 2. The third-order valence-electron chi connectivity index (χ3n) is 5.48. The zero-order valence-electron chi connectivity index (χ0n) is 16.4. The Morgan fingerprint density at radius 3 is 2.45 bits per heavy atom. The number of fused-ring (bicyclic) bond motifs is 1. The van der Waals surface area contributed by atoms with Gasteiger partial charge < -0.3 is 15.2 Å². The van der Waals surface area contributed by atoms with E-state index in [0.29, 0.717) is 25.2 Å². The maximum absolute atomic E-state index is 12.8. The van der Waals surface area contributed by atoms with Gasteiger partial charge in [0.1, 0.15) is 0 Å². The minimum atomic E-state index is -0.0919. The average molecular weight is 392 g/mol. The summed E-state index contributed by atoms with van der Waals surface area (Å²) in [6, 6.07) is 15.1. The molecule has 2 amide bonds. The van der Waals surface area contributed by atoms with Gasteiger partial charge in [0.2, 0.25) is 5.91 Å². The molecular weight excluding hydrogens is 368 g/mol. The van der Waals surface area contributed by atoms with Gasteiger partial charge in [0.15, 0.2) is 0 Å². The molecule has 29 heavy (non-hydrogen) atoms. The Kier molecular flexibility index (Phi) is 5.20. The Balaban J connectivity index is 1.41. The number of likely N-dealkylation sites (tertiary alicyclic amines) is 1. The molecule has 7 heteroatoms. The summed E-state index contributed by atoms with van der Waals surface area (Å²) in [7, 11) is 0. The summed E-state index contributed by atoms with van der Waals surface area (Å²) in [4.78, 5) is 41.0. The van der Waals surface area contributed by atoms with Crippen LogP contribution >= 0.6 is 0 Å². The van der Waals surface area contributed by atoms with Crippen molar-refractivity contribution in [3.8, 4) is 0 Å². The van der Waals surface area contributed by atoms with Crippen molar-refractivity contribution in [3.63, 3.8) is 0 Å². The normalized spacial score (nSPS) is 14.9. The van der Waals surface area contributed by atoms with E-state index in [2.05, 4.69) is 10.3 Å². The highest BCUT2D eigenvalue weighted by atomic mass is 16.2. The molecule has 4 rings (SSSR count). The number of amides is 2. The summed E-state index contributed by atoms with van der Waals surface area (Å²) in [5, 5.41) is 2.74. The van der Waals surface area contributed by atoms with Crippen molar-refractivity contribution in [1.29, 1.82) is 0 Å². The molecule has 1 fully saturated rings. The minimum Gasteiger partial charge on any atom is -0.352 e. The fourth-order valence-corrected chi connectivity index (χ4v) is 3.94. The molecule has 1 aliphatic heterocycles. The van der Waals surface area contributed by atoms with Crippen LogP contribution in [0.3, 0.4) is 0 Å². The van der Waals surface area contributed by atoms with Crippen molar-refractivity contribution in [1.82, 2.24) is 19.8 Å². The number of nitrogens with zero attached hydrogens (tertiary/aromatic N) is 2. The number of piperidine rings is 1.